The van der Waals surface area contributed by atoms with Crippen molar-refractivity contribution in [1.82, 2.24) is 0 Å². The number of anilines is 1. The molecule has 0 bridgehead atoms. The molecule has 4 nitrogen and oxygen atoms in total. The molecule has 0 radical (unpaired) electrons. The minimum atomic E-state index is -0.534. The first-order valence-electron chi connectivity index (χ1n) is 6.06. The number of hydrogen-bond acceptors (Lipinski definition) is 3. The summed E-state index contributed by atoms with van der Waals surface area (Å²) in [7, 11) is 1.26. The summed E-state index contributed by atoms with van der Waals surface area (Å²) < 4.78 is 4.62. The number of carbonyl (C=O) groups is 2. The molecule has 7 heteroatoms. The first kappa shape index (κ1) is 16.6. The van der Waals surface area contributed by atoms with Crippen molar-refractivity contribution in [2.45, 2.75) is 0 Å². The minimum absolute atomic E-state index is 0.203. The van der Waals surface area contributed by atoms with Gasteiger partial charge in [0.2, 0.25) is 0 Å². The lowest BCUT2D eigenvalue weighted by molar-refractivity contribution is 0.0600. The van der Waals surface area contributed by atoms with E-state index in [0.717, 1.165) is 0 Å². The lowest BCUT2D eigenvalue weighted by Gasteiger charge is -2.10. The van der Waals surface area contributed by atoms with Gasteiger partial charge in [-0.15, -0.1) is 0 Å². The van der Waals surface area contributed by atoms with Gasteiger partial charge in [0.05, 0.1) is 34.0 Å². The lowest BCUT2D eigenvalue weighted by Crippen LogP contribution is -2.13. The Kier molecular flexibility index (Phi) is 5.29. The molecule has 1 N–H and O–H groups in total. The molecule has 0 atom stereocenters. The average Bonchev–Trinajstić information content (AvgIpc) is 2.50. The van der Waals surface area contributed by atoms with Gasteiger partial charge in [-0.25, -0.2) is 4.79 Å². The van der Waals surface area contributed by atoms with E-state index in [1.165, 1.54) is 37.4 Å². The standard InChI is InChI=1S/C15H10Cl3NO3/c1-22-15(21)8-2-4-12(18)13(6-8)19-14(20)10-7-9(16)3-5-11(10)17/h2-7H,1H3,(H,19,20). The fourth-order valence-corrected chi connectivity index (χ4v) is 2.27. The molecule has 0 saturated carbocycles. The largest absolute Gasteiger partial charge is 0.465 e. The van der Waals surface area contributed by atoms with Gasteiger partial charge in [0.15, 0.2) is 0 Å². The van der Waals surface area contributed by atoms with Crippen LogP contribution in [0.1, 0.15) is 20.7 Å². The molecule has 0 aliphatic rings. The summed E-state index contributed by atoms with van der Waals surface area (Å²) >= 11 is 17.9. The number of nitrogens with one attached hydrogen (secondary N) is 1. The van der Waals surface area contributed by atoms with Crippen molar-refractivity contribution in [3.05, 3.63) is 62.6 Å². The molecule has 2 rings (SSSR count). The van der Waals surface area contributed by atoms with E-state index in [1.807, 2.05) is 0 Å². The highest BCUT2D eigenvalue weighted by atomic mass is 35.5. The van der Waals surface area contributed by atoms with Crippen LogP contribution in [0.5, 0.6) is 0 Å². The highest BCUT2D eigenvalue weighted by molar-refractivity contribution is 6.37. The molecule has 0 aromatic heterocycles. The van der Waals surface area contributed by atoms with E-state index in [4.69, 9.17) is 34.8 Å². The number of amides is 1. The Morgan fingerprint density at radius 3 is 2.36 bits per heavy atom. The van der Waals surface area contributed by atoms with E-state index < -0.39 is 11.9 Å². The van der Waals surface area contributed by atoms with Crippen LogP contribution in [0.4, 0.5) is 5.69 Å². The van der Waals surface area contributed by atoms with Gasteiger partial charge in [-0.3, -0.25) is 4.79 Å². The van der Waals surface area contributed by atoms with Crippen LogP contribution in [0.3, 0.4) is 0 Å². The Morgan fingerprint density at radius 1 is 1.00 bits per heavy atom. The number of hydrogen-bond donors (Lipinski definition) is 1. The van der Waals surface area contributed by atoms with Crippen LogP contribution >= 0.6 is 34.8 Å². The van der Waals surface area contributed by atoms with Crippen molar-refractivity contribution in [2.75, 3.05) is 12.4 Å². The first-order valence-corrected chi connectivity index (χ1v) is 7.20. The Bertz CT molecular complexity index is 747. The molecule has 22 heavy (non-hydrogen) atoms. The van der Waals surface area contributed by atoms with Crippen molar-refractivity contribution in [3.63, 3.8) is 0 Å². The molecule has 0 heterocycles. The number of esters is 1. The van der Waals surface area contributed by atoms with Crippen LogP contribution in [0.15, 0.2) is 36.4 Å². The van der Waals surface area contributed by atoms with E-state index in [0.29, 0.717) is 5.02 Å². The first-order chi connectivity index (χ1) is 10.4. The maximum absolute atomic E-state index is 12.3. The molecular formula is C15H10Cl3NO3. The van der Waals surface area contributed by atoms with Gasteiger partial charge in [0.1, 0.15) is 0 Å². The highest BCUT2D eigenvalue weighted by Gasteiger charge is 2.15. The molecule has 0 spiro atoms. The van der Waals surface area contributed by atoms with Crippen LogP contribution in [0.25, 0.3) is 0 Å². The summed E-state index contributed by atoms with van der Waals surface area (Å²) in [5.74, 6) is -1.02. The van der Waals surface area contributed by atoms with Crippen LogP contribution in [0.2, 0.25) is 15.1 Å². The summed E-state index contributed by atoms with van der Waals surface area (Å²) in [5, 5.41) is 3.50. The summed E-state index contributed by atoms with van der Waals surface area (Å²) in [6.07, 6.45) is 0. The topological polar surface area (TPSA) is 55.4 Å². The number of ether oxygens (including phenoxy) is 1. The van der Waals surface area contributed by atoms with E-state index in [1.54, 1.807) is 6.07 Å². The third kappa shape index (κ3) is 3.71. The monoisotopic (exact) mass is 357 g/mol. The number of carbonyl (C=O) groups excluding carboxylic acids is 2. The molecule has 2 aromatic rings. The molecule has 1 amide bonds. The molecule has 0 aliphatic heterocycles. The maximum atomic E-state index is 12.3. The van der Waals surface area contributed by atoms with Gasteiger partial charge in [0, 0.05) is 5.02 Å². The molecule has 0 saturated heterocycles. The zero-order chi connectivity index (χ0) is 16.3. The number of benzene rings is 2. The normalized spacial score (nSPS) is 10.2. The summed E-state index contributed by atoms with van der Waals surface area (Å²) in [6, 6.07) is 8.94. The van der Waals surface area contributed by atoms with Crippen molar-refractivity contribution in [3.8, 4) is 0 Å². The third-order valence-corrected chi connectivity index (χ3v) is 3.70. The fraction of sp³-hybridized carbons (Fsp3) is 0.0667. The van der Waals surface area contributed by atoms with Gasteiger partial charge in [-0.05, 0) is 36.4 Å². The zero-order valence-corrected chi connectivity index (χ0v) is 13.6. The fourth-order valence-electron chi connectivity index (χ4n) is 1.73. The number of methoxy groups -OCH3 is 1. The highest BCUT2D eigenvalue weighted by Crippen LogP contribution is 2.26. The van der Waals surface area contributed by atoms with Crippen LogP contribution < -0.4 is 5.32 Å². The van der Waals surface area contributed by atoms with E-state index in [9.17, 15) is 9.59 Å². The van der Waals surface area contributed by atoms with E-state index in [-0.39, 0.29) is 26.9 Å². The molecule has 0 fully saturated rings. The van der Waals surface area contributed by atoms with E-state index in [2.05, 4.69) is 10.1 Å². The van der Waals surface area contributed by atoms with Crippen LogP contribution in [-0.4, -0.2) is 19.0 Å². The quantitative estimate of drug-likeness (QED) is 0.810. The average molecular weight is 359 g/mol. The summed E-state index contributed by atoms with van der Waals surface area (Å²) in [4.78, 5) is 23.8. The Balaban J connectivity index is 2.32. The van der Waals surface area contributed by atoms with E-state index >= 15 is 0 Å². The summed E-state index contributed by atoms with van der Waals surface area (Å²) in [6.45, 7) is 0. The Hall–Kier alpha value is -1.75. The molecule has 0 aliphatic carbocycles. The second-order valence-electron chi connectivity index (χ2n) is 4.26. The smallest absolute Gasteiger partial charge is 0.337 e. The van der Waals surface area contributed by atoms with Crippen molar-refractivity contribution >= 4 is 52.4 Å². The van der Waals surface area contributed by atoms with Gasteiger partial charge in [-0.1, -0.05) is 34.8 Å². The second kappa shape index (κ2) is 7.01. The molecule has 2 aromatic carbocycles. The van der Waals surface area contributed by atoms with Crippen molar-refractivity contribution in [2.24, 2.45) is 0 Å². The van der Waals surface area contributed by atoms with Gasteiger partial charge < -0.3 is 10.1 Å². The van der Waals surface area contributed by atoms with Crippen LogP contribution in [-0.2, 0) is 4.74 Å². The molecule has 0 unspecified atom stereocenters. The second-order valence-corrected chi connectivity index (χ2v) is 5.52. The molecule has 114 valence electrons. The Labute approximate surface area is 141 Å². The lowest BCUT2D eigenvalue weighted by atomic mass is 10.1. The zero-order valence-electron chi connectivity index (χ0n) is 11.3. The summed E-state index contributed by atoms with van der Waals surface area (Å²) in [5.41, 5.74) is 0.735. The maximum Gasteiger partial charge on any atom is 0.337 e. The van der Waals surface area contributed by atoms with Crippen molar-refractivity contribution in [1.29, 1.82) is 0 Å². The van der Waals surface area contributed by atoms with Crippen molar-refractivity contribution < 1.29 is 14.3 Å². The van der Waals surface area contributed by atoms with Gasteiger partial charge in [0.25, 0.3) is 5.91 Å². The SMILES string of the molecule is COC(=O)c1ccc(Cl)c(NC(=O)c2cc(Cl)ccc2Cl)c1. The third-order valence-electron chi connectivity index (χ3n) is 2.81. The van der Waals surface area contributed by atoms with Crippen LogP contribution in [0, 0.1) is 0 Å². The number of halogens is 3. The number of rotatable bonds is 3. The minimum Gasteiger partial charge on any atom is -0.465 e. The predicted octanol–water partition coefficient (Wildman–Crippen LogP) is 4.69. The van der Waals surface area contributed by atoms with Gasteiger partial charge in [-0.2, -0.15) is 0 Å². The Morgan fingerprint density at radius 2 is 1.68 bits per heavy atom. The van der Waals surface area contributed by atoms with Gasteiger partial charge >= 0.3 is 5.97 Å². The molecular weight excluding hydrogens is 349 g/mol. The predicted molar refractivity (Wildman–Crippen MR) is 87.2 cm³/mol.